The molecule has 2 N–H and O–H groups in total. The van der Waals surface area contributed by atoms with Crippen LogP contribution in [0.4, 0.5) is 0 Å². The van der Waals surface area contributed by atoms with Gasteiger partial charge in [0.1, 0.15) is 0 Å². The van der Waals surface area contributed by atoms with Crippen LogP contribution in [0.2, 0.25) is 0 Å². The second-order valence-corrected chi connectivity index (χ2v) is 3.00. The molecule has 0 spiro atoms. The molecule has 2 aromatic rings. The Hall–Kier alpha value is -2.54. The molecule has 0 heterocycles. The molecular weight excluding hydrogens is 216 g/mol. The van der Waals surface area contributed by atoms with Crippen LogP contribution in [0.3, 0.4) is 0 Å². The maximum Gasteiger partial charge on any atom is 0.231 e. The van der Waals surface area contributed by atoms with E-state index in [1.54, 1.807) is 0 Å². The summed E-state index contributed by atoms with van der Waals surface area (Å²) >= 11 is 0. The molecule has 0 radical (unpaired) electrons. The van der Waals surface area contributed by atoms with Gasteiger partial charge in [-0.25, -0.2) is 20.4 Å². The molecule has 0 saturated heterocycles. The van der Waals surface area contributed by atoms with E-state index in [1.165, 1.54) is 16.3 Å². The number of isocyanates is 2. The van der Waals surface area contributed by atoms with E-state index in [-0.39, 0.29) is 0 Å². The number of hydrogen-bond donors (Lipinski definition) is 2. The first-order valence-electron chi connectivity index (χ1n) is 4.73. The maximum atomic E-state index is 8.35. The molecular formula is C13H12N2O2. The van der Waals surface area contributed by atoms with E-state index in [4.69, 9.17) is 20.4 Å². The third kappa shape index (κ3) is 5.19. The summed E-state index contributed by atoms with van der Waals surface area (Å²) in [7, 11) is 0. The van der Waals surface area contributed by atoms with Crippen LogP contribution in [-0.2, 0) is 9.59 Å². The summed E-state index contributed by atoms with van der Waals surface area (Å²) in [5.74, 6) is 0. The Morgan fingerprint density at radius 3 is 1.88 bits per heavy atom. The lowest BCUT2D eigenvalue weighted by molar-refractivity contribution is 0.562. The van der Waals surface area contributed by atoms with Crippen molar-refractivity contribution < 1.29 is 9.59 Å². The molecule has 0 bridgehead atoms. The van der Waals surface area contributed by atoms with E-state index in [0.29, 0.717) is 0 Å². The average molecular weight is 228 g/mol. The Balaban J connectivity index is 0.000000366. The van der Waals surface area contributed by atoms with Crippen molar-refractivity contribution in [3.8, 4) is 0 Å². The van der Waals surface area contributed by atoms with Crippen molar-refractivity contribution in [1.29, 1.82) is 10.8 Å². The minimum atomic E-state index is 0.750. The lowest BCUT2D eigenvalue weighted by Gasteiger charge is -1.98. The number of benzene rings is 2. The Kier molecular flexibility index (Phi) is 7.44. The van der Waals surface area contributed by atoms with Gasteiger partial charge in [-0.2, -0.15) is 0 Å². The standard InChI is InChI=1S/C11H10.2CHNO/c1-9-5-4-7-10-6-2-3-8-11(9)10;2*2-1-3/h2-8H,1H3;2*2H. The molecule has 2 aromatic carbocycles. The topological polar surface area (TPSA) is 81.8 Å². The second kappa shape index (κ2) is 8.74. The number of rotatable bonds is 0. The van der Waals surface area contributed by atoms with Crippen LogP contribution < -0.4 is 0 Å². The first-order chi connectivity index (χ1) is 8.21. The lowest BCUT2D eigenvalue weighted by atomic mass is 10.1. The Morgan fingerprint density at radius 1 is 0.882 bits per heavy atom. The fourth-order valence-corrected chi connectivity index (χ4v) is 1.39. The molecule has 17 heavy (non-hydrogen) atoms. The van der Waals surface area contributed by atoms with Crippen LogP contribution in [0, 0.1) is 17.7 Å². The zero-order chi connectivity index (χ0) is 13.1. The van der Waals surface area contributed by atoms with Gasteiger partial charge in [0, 0.05) is 0 Å². The first-order valence-corrected chi connectivity index (χ1v) is 4.73. The number of fused-ring (bicyclic) bond motifs is 1. The van der Waals surface area contributed by atoms with E-state index in [2.05, 4.69) is 49.4 Å². The van der Waals surface area contributed by atoms with Crippen molar-refractivity contribution in [3.63, 3.8) is 0 Å². The summed E-state index contributed by atoms with van der Waals surface area (Å²) in [5, 5.41) is 13.5. The molecule has 4 heteroatoms. The van der Waals surface area contributed by atoms with Crippen molar-refractivity contribution in [3.05, 3.63) is 48.0 Å². The molecule has 0 unspecified atom stereocenters. The minimum Gasteiger partial charge on any atom is -0.222 e. The smallest absolute Gasteiger partial charge is 0.222 e. The Morgan fingerprint density at radius 2 is 1.35 bits per heavy atom. The number of hydrogen-bond acceptors (Lipinski definition) is 4. The largest absolute Gasteiger partial charge is 0.231 e. The van der Waals surface area contributed by atoms with Crippen molar-refractivity contribution in [2.24, 2.45) is 0 Å². The van der Waals surface area contributed by atoms with E-state index >= 15 is 0 Å². The quantitative estimate of drug-likeness (QED) is 0.536. The molecule has 0 aliphatic rings. The monoisotopic (exact) mass is 228 g/mol. The van der Waals surface area contributed by atoms with Crippen LogP contribution in [0.15, 0.2) is 42.5 Å². The van der Waals surface area contributed by atoms with Crippen LogP contribution in [0.5, 0.6) is 0 Å². The van der Waals surface area contributed by atoms with Gasteiger partial charge < -0.3 is 0 Å². The normalized spacial score (nSPS) is 7.59. The Bertz CT molecular complexity index is 521. The summed E-state index contributed by atoms with van der Waals surface area (Å²) in [6, 6.07) is 14.8. The highest BCUT2D eigenvalue weighted by molar-refractivity contribution is 5.85. The van der Waals surface area contributed by atoms with Crippen molar-refractivity contribution in [2.45, 2.75) is 6.92 Å². The van der Waals surface area contributed by atoms with Gasteiger partial charge in [0.05, 0.1) is 0 Å². The van der Waals surface area contributed by atoms with Gasteiger partial charge in [0.25, 0.3) is 0 Å². The summed E-state index contributed by atoms with van der Waals surface area (Å²) in [6.07, 6.45) is 1.50. The van der Waals surface area contributed by atoms with E-state index in [0.717, 1.165) is 12.2 Å². The summed E-state index contributed by atoms with van der Waals surface area (Å²) in [5.41, 5.74) is 1.35. The lowest BCUT2D eigenvalue weighted by Crippen LogP contribution is -1.75. The fourth-order valence-electron chi connectivity index (χ4n) is 1.39. The van der Waals surface area contributed by atoms with Crippen LogP contribution in [0.25, 0.3) is 10.8 Å². The minimum absolute atomic E-state index is 0.750. The van der Waals surface area contributed by atoms with Gasteiger partial charge in [0.2, 0.25) is 12.2 Å². The van der Waals surface area contributed by atoms with Crippen molar-refractivity contribution in [2.75, 3.05) is 0 Å². The zero-order valence-electron chi connectivity index (χ0n) is 9.36. The molecule has 0 atom stereocenters. The molecule has 0 amide bonds. The van der Waals surface area contributed by atoms with Crippen molar-refractivity contribution >= 4 is 22.9 Å². The highest BCUT2D eigenvalue weighted by Crippen LogP contribution is 2.16. The summed E-state index contributed by atoms with van der Waals surface area (Å²) < 4.78 is 0. The van der Waals surface area contributed by atoms with Gasteiger partial charge in [-0.1, -0.05) is 42.5 Å². The van der Waals surface area contributed by atoms with Crippen molar-refractivity contribution in [1.82, 2.24) is 0 Å². The molecule has 0 aromatic heterocycles. The van der Waals surface area contributed by atoms with Gasteiger partial charge in [-0.05, 0) is 23.3 Å². The zero-order valence-corrected chi connectivity index (χ0v) is 9.36. The van der Waals surface area contributed by atoms with E-state index in [1.807, 2.05) is 0 Å². The predicted molar refractivity (Wildman–Crippen MR) is 65.5 cm³/mol. The summed E-state index contributed by atoms with van der Waals surface area (Å²) in [6.45, 7) is 2.14. The molecule has 0 aliphatic carbocycles. The van der Waals surface area contributed by atoms with Gasteiger partial charge in [-0.3, -0.25) is 0 Å². The fraction of sp³-hybridized carbons (Fsp3) is 0.0769. The second-order valence-electron chi connectivity index (χ2n) is 3.00. The highest BCUT2D eigenvalue weighted by atomic mass is 16.1. The maximum absolute atomic E-state index is 8.35. The molecule has 4 nitrogen and oxygen atoms in total. The SMILES string of the molecule is Cc1cccc2ccccc12.N=C=O.N=C=O. The average Bonchev–Trinajstić information content (AvgIpc) is 2.32. The Labute approximate surface area is 98.9 Å². The molecule has 0 fully saturated rings. The predicted octanol–water partition coefficient (Wildman–Crippen LogP) is 2.95. The molecule has 0 saturated carbocycles. The van der Waals surface area contributed by atoms with Gasteiger partial charge in [0.15, 0.2) is 0 Å². The number of carbonyl (C=O) groups excluding carboxylic acids is 2. The third-order valence-electron chi connectivity index (χ3n) is 2.01. The van der Waals surface area contributed by atoms with Gasteiger partial charge >= 0.3 is 0 Å². The van der Waals surface area contributed by atoms with Crippen LogP contribution in [0.1, 0.15) is 5.56 Å². The molecule has 0 aliphatic heterocycles. The van der Waals surface area contributed by atoms with Gasteiger partial charge in [-0.15, -0.1) is 0 Å². The number of nitrogens with one attached hydrogen (secondary N) is 2. The number of aryl methyl sites for hydroxylation is 1. The first kappa shape index (κ1) is 14.5. The molecule has 2 rings (SSSR count). The molecule has 86 valence electrons. The highest BCUT2D eigenvalue weighted by Gasteiger charge is 1.92. The van der Waals surface area contributed by atoms with Crippen LogP contribution >= 0.6 is 0 Å². The summed E-state index contributed by atoms with van der Waals surface area (Å²) in [4.78, 5) is 16.7. The van der Waals surface area contributed by atoms with Crippen LogP contribution in [-0.4, -0.2) is 12.2 Å². The van der Waals surface area contributed by atoms with E-state index in [9.17, 15) is 0 Å². The van der Waals surface area contributed by atoms with E-state index < -0.39 is 0 Å². The third-order valence-corrected chi connectivity index (χ3v) is 2.01.